The van der Waals surface area contributed by atoms with Crippen molar-refractivity contribution >= 4 is 23.7 Å². The lowest BCUT2D eigenvalue weighted by Gasteiger charge is -2.15. The number of nitrogens with one attached hydrogen (secondary N) is 2. The summed E-state index contributed by atoms with van der Waals surface area (Å²) in [6, 6.07) is 21.7. The predicted molar refractivity (Wildman–Crippen MR) is 130 cm³/mol. The number of anilines is 1. The Morgan fingerprint density at radius 1 is 0.886 bits per heavy atom. The highest BCUT2D eigenvalue weighted by molar-refractivity contribution is 5.86. The molecule has 0 heterocycles. The van der Waals surface area contributed by atoms with Gasteiger partial charge in [0.25, 0.3) is 0 Å². The SMILES string of the molecule is O=C(Cc1ccc(NC(=O)OCC2c3ccccc3-c3ccccc32)cc1)N[C@@H](CCO)C(=O)O. The van der Waals surface area contributed by atoms with Crippen molar-refractivity contribution in [3.63, 3.8) is 0 Å². The van der Waals surface area contributed by atoms with Gasteiger partial charge in [-0.25, -0.2) is 9.59 Å². The van der Waals surface area contributed by atoms with Crippen LogP contribution in [0.15, 0.2) is 72.8 Å². The molecule has 0 saturated carbocycles. The summed E-state index contributed by atoms with van der Waals surface area (Å²) in [7, 11) is 0. The number of ether oxygens (including phenoxy) is 1. The number of aliphatic hydroxyl groups is 1. The lowest BCUT2D eigenvalue weighted by Crippen LogP contribution is -2.42. The molecule has 3 aromatic rings. The Morgan fingerprint density at radius 2 is 1.49 bits per heavy atom. The van der Waals surface area contributed by atoms with Crippen LogP contribution in [0.5, 0.6) is 0 Å². The van der Waals surface area contributed by atoms with Crippen molar-refractivity contribution in [1.29, 1.82) is 0 Å². The lowest BCUT2D eigenvalue weighted by atomic mass is 9.98. The maximum atomic E-state index is 12.4. The second kappa shape index (κ2) is 10.8. The summed E-state index contributed by atoms with van der Waals surface area (Å²) in [5, 5.41) is 23.1. The van der Waals surface area contributed by atoms with Gasteiger partial charge >= 0.3 is 12.1 Å². The first-order chi connectivity index (χ1) is 17.0. The molecule has 2 amide bonds. The first-order valence-corrected chi connectivity index (χ1v) is 11.3. The van der Waals surface area contributed by atoms with Gasteiger partial charge < -0.3 is 20.3 Å². The molecular formula is C27H26N2O6. The number of aliphatic hydroxyl groups excluding tert-OH is 1. The fourth-order valence-electron chi connectivity index (χ4n) is 4.28. The Morgan fingerprint density at radius 3 is 2.06 bits per heavy atom. The minimum atomic E-state index is -1.20. The molecule has 8 heteroatoms. The van der Waals surface area contributed by atoms with Gasteiger partial charge in [-0.1, -0.05) is 60.7 Å². The van der Waals surface area contributed by atoms with E-state index in [9.17, 15) is 14.4 Å². The van der Waals surface area contributed by atoms with Crippen molar-refractivity contribution in [3.05, 3.63) is 89.5 Å². The molecule has 1 aliphatic carbocycles. The minimum Gasteiger partial charge on any atom is -0.480 e. The van der Waals surface area contributed by atoms with Crippen LogP contribution in [0.2, 0.25) is 0 Å². The number of amides is 2. The van der Waals surface area contributed by atoms with E-state index in [0.717, 1.165) is 22.3 Å². The number of carboxylic acid groups (broad SMARTS) is 1. The Kier molecular flexibility index (Phi) is 7.42. The zero-order chi connectivity index (χ0) is 24.8. The molecule has 3 aromatic carbocycles. The summed E-state index contributed by atoms with van der Waals surface area (Å²) in [4.78, 5) is 35.6. The summed E-state index contributed by atoms with van der Waals surface area (Å²) >= 11 is 0. The van der Waals surface area contributed by atoms with Crippen molar-refractivity contribution < 1.29 is 29.3 Å². The molecule has 0 aliphatic heterocycles. The molecule has 0 spiro atoms. The van der Waals surface area contributed by atoms with Gasteiger partial charge in [0.1, 0.15) is 12.6 Å². The predicted octanol–water partition coefficient (Wildman–Crippen LogP) is 3.54. The van der Waals surface area contributed by atoms with E-state index in [1.54, 1.807) is 24.3 Å². The van der Waals surface area contributed by atoms with E-state index in [2.05, 4.69) is 34.9 Å². The number of aliphatic carboxylic acids is 1. The van der Waals surface area contributed by atoms with Gasteiger partial charge in [-0.15, -0.1) is 0 Å². The van der Waals surface area contributed by atoms with Crippen molar-refractivity contribution in [2.75, 3.05) is 18.5 Å². The normalized spacial score (nSPS) is 12.8. The Balaban J connectivity index is 1.31. The topological polar surface area (TPSA) is 125 Å². The molecule has 0 unspecified atom stereocenters. The highest BCUT2D eigenvalue weighted by atomic mass is 16.5. The van der Waals surface area contributed by atoms with Gasteiger partial charge in [-0.3, -0.25) is 10.1 Å². The highest BCUT2D eigenvalue weighted by Crippen LogP contribution is 2.44. The van der Waals surface area contributed by atoms with Crippen molar-refractivity contribution in [2.45, 2.75) is 24.8 Å². The third-order valence-corrected chi connectivity index (χ3v) is 5.96. The van der Waals surface area contributed by atoms with Gasteiger partial charge in [0.05, 0.1) is 6.42 Å². The van der Waals surface area contributed by atoms with Crippen LogP contribution >= 0.6 is 0 Å². The molecule has 0 aromatic heterocycles. The van der Waals surface area contributed by atoms with Crippen LogP contribution in [0.3, 0.4) is 0 Å². The van der Waals surface area contributed by atoms with Crippen molar-refractivity contribution in [1.82, 2.24) is 5.32 Å². The average molecular weight is 475 g/mol. The maximum Gasteiger partial charge on any atom is 0.411 e. The van der Waals surface area contributed by atoms with Crippen molar-refractivity contribution in [2.24, 2.45) is 0 Å². The zero-order valence-corrected chi connectivity index (χ0v) is 18.9. The third-order valence-electron chi connectivity index (χ3n) is 5.96. The largest absolute Gasteiger partial charge is 0.480 e. The molecule has 180 valence electrons. The molecule has 0 saturated heterocycles. The first-order valence-electron chi connectivity index (χ1n) is 11.3. The average Bonchev–Trinajstić information content (AvgIpc) is 3.17. The minimum absolute atomic E-state index is 0.0273. The Labute approximate surface area is 202 Å². The quantitative estimate of drug-likeness (QED) is 0.376. The number of rotatable bonds is 9. The second-order valence-corrected chi connectivity index (χ2v) is 8.29. The first kappa shape index (κ1) is 24.0. The molecule has 4 N–H and O–H groups in total. The van der Waals surface area contributed by atoms with Crippen LogP contribution < -0.4 is 10.6 Å². The van der Waals surface area contributed by atoms with E-state index in [0.29, 0.717) is 11.3 Å². The maximum absolute atomic E-state index is 12.4. The summed E-state index contributed by atoms with van der Waals surface area (Å²) in [6.45, 7) is -0.135. The van der Waals surface area contributed by atoms with Crippen LogP contribution in [0.4, 0.5) is 10.5 Å². The van der Waals surface area contributed by atoms with E-state index < -0.39 is 24.0 Å². The fraction of sp³-hybridized carbons (Fsp3) is 0.222. The lowest BCUT2D eigenvalue weighted by molar-refractivity contribution is -0.142. The monoisotopic (exact) mass is 474 g/mol. The molecule has 0 fully saturated rings. The van der Waals surface area contributed by atoms with Crippen LogP contribution in [-0.2, 0) is 20.7 Å². The number of carbonyl (C=O) groups excluding carboxylic acids is 2. The Bertz CT molecular complexity index is 1180. The standard InChI is InChI=1S/C27H26N2O6/c30-14-13-24(26(32)33)29-25(31)15-17-9-11-18(12-10-17)28-27(34)35-16-23-21-7-3-1-5-19(21)20-6-2-4-8-22(20)23/h1-12,23-24,30H,13-16H2,(H,28,34)(H,29,31)(H,32,33)/t24-/m0/s1. The van der Waals surface area contributed by atoms with Crippen LogP contribution in [0.25, 0.3) is 11.1 Å². The fourth-order valence-corrected chi connectivity index (χ4v) is 4.28. The van der Waals surface area contributed by atoms with Crippen LogP contribution in [0.1, 0.15) is 29.0 Å². The number of carbonyl (C=O) groups is 3. The van der Waals surface area contributed by atoms with Gasteiger partial charge in [0, 0.05) is 24.6 Å². The van der Waals surface area contributed by atoms with E-state index in [1.165, 1.54) is 0 Å². The van der Waals surface area contributed by atoms with Gasteiger partial charge in [-0.2, -0.15) is 0 Å². The van der Waals surface area contributed by atoms with E-state index >= 15 is 0 Å². The molecule has 1 atom stereocenters. The summed E-state index contributed by atoms with van der Waals surface area (Å²) in [5.74, 6) is -1.70. The van der Waals surface area contributed by atoms with Gasteiger partial charge in [0.15, 0.2) is 0 Å². The van der Waals surface area contributed by atoms with E-state index in [-0.39, 0.29) is 32.0 Å². The van der Waals surface area contributed by atoms with Gasteiger partial charge in [0.2, 0.25) is 5.91 Å². The molecule has 1 aliphatic rings. The highest BCUT2D eigenvalue weighted by Gasteiger charge is 2.29. The zero-order valence-electron chi connectivity index (χ0n) is 18.9. The van der Waals surface area contributed by atoms with E-state index in [1.807, 2.05) is 24.3 Å². The Hall–Kier alpha value is -4.17. The third kappa shape index (κ3) is 5.67. The van der Waals surface area contributed by atoms with Gasteiger partial charge in [-0.05, 0) is 39.9 Å². The second-order valence-electron chi connectivity index (χ2n) is 8.29. The molecular weight excluding hydrogens is 448 g/mol. The van der Waals surface area contributed by atoms with Crippen LogP contribution in [-0.4, -0.2) is 47.4 Å². The molecule has 35 heavy (non-hydrogen) atoms. The number of benzene rings is 3. The number of hydrogen-bond donors (Lipinski definition) is 4. The molecule has 8 nitrogen and oxygen atoms in total. The number of carboxylic acids is 1. The summed E-state index contributed by atoms with van der Waals surface area (Å²) in [5.41, 5.74) is 5.73. The summed E-state index contributed by atoms with van der Waals surface area (Å²) < 4.78 is 5.54. The van der Waals surface area contributed by atoms with E-state index in [4.69, 9.17) is 14.9 Å². The summed E-state index contributed by atoms with van der Waals surface area (Å²) in [6.07, 6.45) is -0.671. The molecule has 0 bridgehead atoms. The van der Waals surface area contributed by atoms with Crippen LogP contribution in [0, 0.1) is 0 Å². The van der Waals surface area contributed by atoms with Crippen molar-refractivity contribution in [3.8, 4) is 11.1 Å². The molecule has 0 radical (unpaired) electrons. The smallest absolute Gasteiger partial charge is 0.411 e. The molecule has 4 rings (SSSR count). The number of hydrogen-bond acceptors (Lipinski definition) is 5. The number of fused-ring (bicyclic) bond motifs is 3.